The monoisotopic (exact) mass is 165 g/mol. The van der Waals surface area contributed by atoms with Crippen molar-refractivity contribution in [3.63, 3.8) is 0 Å². The zero-order chi connectivity index (χ0) is 8.27. The second-order valence-electron chi connectivity index (χ2n) is 2.10. The molecule has 0 unspecified atom stereocenters. The van der Waals surface area contributed by atoms with Gasteiger partial charge in [0.1, 0.15) is 0 Å². The van der Waals surface area contributed by atoms with Crippen LogP contribution >= 0.6 is 11.3 Å². The van der Waals surface area contributed by atoms with Crippen LogP contribution in [0.25, 0.3) is 0 Å². The number of hydrogen-bond acceptors (Lipinski definition) is 3. The van der Waals surface area contributed by atoms with Gasteiger partial charge in [0.15, 0.2) is 0 Å². The van der Waals surface area contributed by atoms with Crippen LogP contribution in [0.3, 0.4) is 0 Å². The fourth-order valence-electron chi connectivity index (χ4n) is 0.705. The molecule has 0 radical (unpaired) electrons. The summed E-state index contributed by atoms with van der Waals surface area (Å²) in [7, 11) is 0. The number of ketones is 1. The van der Waals surface area contributed by atoms with Gasteiger partial charge in [0, 0.05) is 5.38 Å². The van der Waals surface area contributed by atoms with Crippen molar-refractivity contribution in [2.45, 2.75) is 13.3 Å². The van der Waals surface area contributed by atoms with E-state index in [4.69, 9.17) is 6.42 Å². The molecule has 0 aliphatic heterocycles. The van der Waals surface area contributed by atoms with Crippen molar-refractivity contribution in [1.82, 2.24) is 4.98 Å². The minimum atomic E-state index is -0.213. The Balaban J connectivity index is 2.66. The summed E-state index contributed by atoms with van der Waals surface area (Å²) in [5.41, 5.74) is 0.774. The van der Waals surface area contributed by atoms with Gasteiger partial charge in [-0.3, -0.25) is 4.79 Å². The normalized spacial score (nSPS) is 9.09. The Morgan fingerprint density at radius 1 is 1.91 bits per heavy atom. The Hall–Kier alpha value is -1.14. The van der Waals surface area contributed by atoms with E-state index in [1.165, 1.54) is 11.3 Å². The smallest absolute Gasteiger partial charge is 0.211 e. The van der Waals surface area contributed by atoms with Crippen molar-refractivity contribution in [3.8, 4) is 12.3 Å². The Morgan fingerprint density at radius 2 is 2.64 bits per heavy atom. The summed E-state index contributed by atoms with van der Waals surface area (Å²) in [6, 6.07) is 0. The van der Waals surface area contributed by atoms with Crippen LogP contribution in [-0.4, -0.2) is 10.8 Å². The van der Waals surface area contributed by atoms with Gasteiger partial charge < -0.3 is 0 Å². The molecule has 0 N–H and O–H groups in total. The molecular weight excluding hydrogens is 158 g/mol. The highest BCUT2D eigenvalue weighted by atomic mass is 32.1. The molecule has 0 saturated heterocycles. The van der Waals surface area contributed by atoms with Gasteiger partial charge in [-0.15, -0.1) is 17.8 Å². The first kappa shape index (κ1) is 7.96. The third kappa shape index (κ3) is 2.17. The minimum Gasteiger partial charge on any atom is -0.284 e. The highest BCUT2D eigenvalue weighted by Crippen LogP contribution is 2.08. The zero-order valence-corrected chi connectivity index (χ0v) is 6.94. The SMILES string of the molecule is C#CC(=O)Cc1csc(C)n1. The van der Waals surface area contributed by atoms with Gasteiger partial charge in [0.25, 0.3) is 0 Å². The van der Waals surface area contributed by atoms with E-state index in [9.17, 15) is 4.79 Å². The van der Waals surface area contributed by atoms with Gasteiger partial charge in [-0.05, 0) is 12.8 Å². The summed E-state index contributed by atoms with van der Waals surface area (Å²) >= 11 is 1.52. The van der Waals surface area contributed by atoms with Crippen molar-refractivity contribution in [2.24, 2.45) is 0 Å². The maximum atomic E-state index is 10.7. The Kier molecular flexibility index (Phi) is 2.40. The molecule has 3 heteroatoms. The molecule has 0 aliphatic carbocycles. The van der Waals surface area contributed by atoms with Gasteiger partial charge >= 0.3 is 0 Å². The van der Waals surface area contributed by atoms with E-state index in [-0.39, 0.29) is 12.2 Å². The second kappa shape index (κ2) is 3.31. The van der Waals surface area contributed by atoms with Gasteiger partial charge in [0.2, 0.25) is 5.78 Å². The Labute approximate surface area is 69.3 Å². The van der Waals surface area contributed by atoms with E-state index in [1.54, 1.807) is 0 Å². The standard InChI is InChI=1S/C8H7NOS/c1-3-8(10)4-7-5-11-6(2)9-7/h1,5H,4H2,2H3. The molecule has 0 amide bonds. The van der Waals surface area contributed by atoms with E-state index in [1.807, 2.05) is 18.2 Å². The molecule has 0 aromatic carbocycles. The Morgan fingerprint density at radius 3 is 3.09 bits per heavy atom. The topological polar surface area (TPSA) is 30.0 Å². The Bertz CT molecular complexity index is 308. The average molecular weight is 165 g/mol. The molecule has 0 aliphatic rings. The summed E-state index contributed by atoms with van der Waals surface area (Å²) in [4.78, 5) is 14.8. The molecule has 1 rings (SSSR count). The summed E-state index contributed by atoms with van der Waals surface area (Å²) < 4.78 is 0. The van der Waals surface area contributed by atoms with Crippen LogP contribution in [0, 0.1) is 19.3 Å². The molecule has 1 aromatic rings. The lowest BCUT2D eigenvalue weighted by Gasteiger charge is -1.85. The fraction of sp³-hybridized carbons (Fsp3) is 0.250. The summed E-state index contributed by atoms with van der Waals surface area (Å²) in [5.74, 6) is 1.84. The van der Waals surface area contributed by atoms with Crippen molar-refractivity contribution >= 4 is 17.1 Å². The molecule has 0 bridgehead atoms. The molecule has 11 heavy (non-hydrogen) atoms. The third-order valence-electron chi connectivity index (χ3n) is 1.17. The molecule has 1 aromatic heterocycles. The van der Waals surface area contributed by atoms with Crippen LogP contribution in [0.4, 0.5) is 0 Å². The van der Waals surface area contributed by atoms with Crippen molar-refractivity contribution < 1.29 is 4.79 Å². The first-order chi connectivity index (χ1) is 5.22. The number of carbonyl (C=O) groups is 1. The number of thiazole rings is 1. The van der Waals surface area contributed by atoms with E-state index in [0.717, 1.165) is 10.7 Å². The number of Topliss-reactive ketones (excluding diaryl/α,β-unsaturated/α-hetero) is 1. The summed E-state index contributed by atoms with van der Waals surface area (Å²) in [5, 5.41) is 2.81. The highest BCUT2D eigenvalue weighted by molar-refractivity contribution is 7.09. The molecule has 56 valence electrons. The van der Waals surface area contributed by atoms with Crippen LogP contribution in [-0.2, 0) is 11.2 Å². The third-order valence-corrected chi connectivity index (χ3v) is 1.99. The van der Waals surface area contributed by atoms with Crippen molar-refractivity contribution in [1.29, 1.82) is 0 Å². The highest BCUT2D eigenvalue weighted by Gasteiger charge is 2.02. The predicted octanol–water partition coefficient (Wildman–Crippen LogP) is 1.20. The second-order valence-corrected chi connectivity index (χ2v) is 3.16. The van der Waals surface area contributed by atoms with Crippen LogP contribution in [0.2, 0.25) is 0 Å². The number of aromatic nitrogens is 1. The first-order valence-corrected chi connectivity index (χ1v) is 4.01. The molecule has 2 nitrogen and oxygen atoms in total. The van der Waals surface area contributed by atoms with Gasteiger partial charge in [-0.25, -0.2) is 4.98 Å². The number of rotatable bonds is 2. The summed E-state index contributed by atoms with van der Waals surface area (Å²) in [6.07, 6.45) is 5.17. The van der Waals surface area contributed by atoms with Gasteiger partial charge in [-0.1, -0.05) is 0 Å². The molecule has 0 saturated carbocycles. The maximum absolute atomic E-state index is 10.7. The quantitative estimate of drug-likeness (QED) is 0.487. The lowest BCUT2D eigenvalue weighted by Crippen LogP contribution is -1.98. The van der Waals surface area contributed by atoms with E-state index < -0.39 is 0 Å². The molecule has 0 atom stereocenters. The maximum Gasteiger partial charge on any atom is 0.211 e. The van der Waals surface area contributed by atoms with Crippen molar-refractivity contribution in [2.75, 3.05) is 0 Å². The lowest BCUT2D eigenvalue weighted by atomic mass is 10.2. The zero-order valence-electron chi connectivity index (χ0n) is 6.13. The van der Waals surface area contributed by atoms with Gasteiger partial charge in [0.05, 0.1) is 17.1 Å². The van der Waals surface area contributed by atoms with Crippen LogP contribution in [0.15, 0.2) is 5.38 Å². The number of hydrogen-bond donors (Lipinski definition) is 0. The van der Waals surface area contributed by atoms with E-state index in [0.29, 0.717) is 0 Å². The van der Waals surface area contributed by atoms with Crippen LogP contribution in [0.1, 0.15) is 10.7 Å². The fourth-order valence-corrected chi connectivity index (χ4v) is 1.32. The minimum absolute atomic E-state index is 0.213. The lowest BCUT2D eigenvalue weighted by molar-refractivity contribution is -0.113. The largest absolute Gasteiger partial charge is 0.284 e. The van der Waals surface area contributed by atoms with E-state index in [2.05, 4.69) is 4.98 Å². The number of terminal acetylenes is 1. The molecule has 0 spiro atoms. The molecular formula is C8H7NOS. The van der Waals surface area contributed by atoms with Crippen molar-refractivity contribution in [3.05, 3.63) is 16.1 Å². The number of nitrogens with zero attached hydrogens (tertiary/aromatic N) is 1. The molecule has 0 fully saturated rings. The number of aryl methyl sites for hydroxylation is 1. The first-order valence-electron chi connectivity index (χ1n) is 3.13. The van der Waals surface area contributed by atoms with Gasteiger partial charge in [-0.2, -0.15) is 0 Å². The average Bonchev–Trinajstić information content (AvgIpc) is 2.35. The van der Waals surface area contributed by atoms with E-state index >= 15 is 0 Å². The predicted molar refractivity (Wildman–Crippen MR) is 44.4 cm³/mol. The number of carbonyl (C=O) groups excluding carboxylic acids is 1. The van der Waals surface area contributed by atoms with Crippen LogP contribution in [0.5, 0.6) is 0 Å². The summed E-state index contributed by atoms with van der Waals surface area (Å²) in [6.45, 7) is 1.90. The van der Waals surface area contributed by atoms with Crippen LogP contribution < -0.4 is 0 Å². The molecule has 1 heterocycles.